The third-order valence-corrected chi connectivity index (χ3v) is 4.40. The van der Waals surface area contributed by atoms with Crippen molar-refractivity contribution in [2.24, 2.45) is 17.8 Å². The first-order valence-corrected chi connectivity index (χ1v) is 5.53. The van der Waals surface area contributed by atoms with Crippen molar-refractivity contribution in [2.45, 2.75) is 43.3 Å². The first-order valence-electron chi connectivity index (χ1n) is 5.53. The second-order valence-corrected chi connectivity index (χ2v) is 5.21. The van der Waals surface area contributed by atoms with Gasteiger partial charge in [0, 0.05) is 0 Å². The molecule has 0 spiro atoms. The molecule has 0 aromatic rings. The van der Waals surface area contributed by atoms with Crippen LogP contribution in [0.3, 0.4) is 0 Å². The van der Waals surface area contributed by atoms with Gasteiger partial charge in [0.15, 0.2) is 0 Å². The van der Waals surface area contributed by atoms with Gasteiger partial charge in [-0.05, 0) is 31.1 Å². The highest BCUT2D eigenvalue weighted by Crippen LogP contribution is 2.65. The number of fused-ring (bicyclic) bond motifs is 5. The van der Waals surface area contributed by atoms with Crippen LogP contribution in [0.25, 0.3) is 0 Å². The Labute approximate surface area is 93.7 Å². The largest absolute Gasteiger partial charge is 0.449 e. The average Bonchev–Trinajstić information content (AvgIpc) is 2.78. The fourth-order valence-electron chi connectivity index (χ4n) is 3.67. The molecule has 17 heavy (non-hydrogen) atoms. The Morgan fingerprint density at radius 1 is 1.12 bits per heavy atom. The van der Waals surface area contributed by atoms with Crippen molar-refractivity contribution in [1.29, 1.82) is 0 Å². The molecule has 3 rings (SSSR count). The van der Waals surface area contributed by atoms with Gasteiger partial charge in [0.2, 0.25) is 0 Å². The van der Waals surface area contributed by atoms with E-state index in [9.17, 15) is 27.1 Å². The predicted molar refractivity (Wildman–Crippen MR) is 45.1 cm³/mol. The molecule has 1 saturated heterocycles. The maximum absolute atomic E-state index is 13.8. The first-order chi connectivity index (χ1) is 7.68. The summed E-state index contributed by atoms with van der Waals surface area (Å²) in [5.41, 5.74) is 0. The van der Waals surface area contributed by atoms with E-state index < -0.39 is 35.8 Å². The van der Waals surface area contributed by atoms with Crippen LogP contribution in [0.2, 0.25) is 0 Å². The van der Waals surface area contributed by atoms with Crippen LogP contribution in [0.15, 0.2) is 0 Å². The number of halogens is 5. The molecule has 5 atom stereocenters. The zero-order valence-corrected chi connectivity index (χ0v) is 8.68. The molecule has 2 aliphatic carbocycles. The number of rotatable bonds is 0. The predicted octanol–water partition coefficient (Wildman–Crippen LogP) is 2.32. The van der Waals surface area contributed by atoms with Gasteiger partial charge in [-0.3, -0.25) is 0 Å². The van der Waals surface area contributed by atoms with Crippen LogP contribution in [-0.2, 0) is 4.74 Å². The van der Waals surface area contributed by atoms with Crippen molar-refractivity contribution in [3.05, 3.63) is 0 Å². The highest BCUT2D eigenvalue weighted by molar-refractivity contribution is 5.13. The molecular weight excluding hydrogens is 247 g/mol. The molecule has 3 fully saturated rings. The van der Waals surface area contributed by atoms with Gasteiger partial charge in [-0.25, -0.2) is 0 Å². The van der Waals surface area contributed by atoms with Gasteiger partial charge in [0.1, 0.15) is 0 Å². The topological polar surface area (TPSA) is 29.5 Å². The summed E-state index contributed by atoms with van der Waals surface area (Å²) in [7, 11) is 0. The molecule has 7 heteroatoms. The summed E-state index contributed by atoms with van der Waals surface area (Å²) in [6.45, 7) is 0. The van der Waals surface area contributed by atoms with E-state index in [1.807, 2.05) is 0 Å². The maximum atomic E-state index is 13.8. The van der Waals surface area contributed by atoms with Gasteiger partial charge in [0.05, 0.1) is 12.0 Å². The minimum atomic E-state index is -5.47. The number of hydrogen-bond donors (Lipinski definition) is 1. The molecule has 5 unspecified atom stereocenters. The number of alkyl halides is 5. The maximum Gasteiger partial charge on any atom is 0.449 e. The van der Waals surface area contributed by atoms with E-state index in [0.717, 1.165) is 0 Å². The van der Waals surface area contributed by atoms with Crippen molar-refractivity contribution >= 4 is 0 Å². The zero-order valence-electron chi connectivity index (χ0n) is 8.68. The lowest BCUT2D eigenvalue weighted by Gasteiger charge is -2.32. The molecule has 3 aliphatic rings. The van der Waals surface area contributed by atoms with Crippen molar-refractivity contribution in [3.63, 3.8) is 0 Å². The van der Waals surface area contributed by atoms with Crippen LogP contribution in [-0.4, -0.2) is 29.1 Å². The van der Waals surface area contributed by atoms with Crippen LogP contribution in [0, 0.1) is 17.8 Å². The van der Waals surface area contributed by atoms with Crippen LogP contribution in [0.1, 0.15) is 19.3 Å². The lowest BCUT2D eigenvalue weighted by atomic mass is 9.81. The molecule has 2 bridgehead atoms. The molecular formula is C10H11F5O2. The number of hydrogen-bond acceptors (Lipinski definition) is 2. The van der Waals surface area contributed by atoms with Gasteiger partial charge in [-0.1, -0.05) is 0 Å². The van der Waals surface area contributed by atoms with E-state index in [0.29, 0.717) is 19.3 Å². The molecule has 98 valence electrons. The van der Waals surface area contributed by atoms with Gasteiger partial charge in [0.25, 0.3) is 0 Å². The standard InChI is InChI=1S/C10H11F5O2/c11-8(12)6-4-1-2-5(3-4)7(6)17-9(8,16)10(13,14)15/h4-7,16H,1-3H2. The monoisotopic (exact) mass is 258 g/mol. The summed E-state index contributed by atoms with van der Waals surface area (Å²) < 4.78 is 69.7. The fraction of sp³-hybridized carbons (Fsp3) is 1.00. The Morgan fingerprint density at radius 3 is 2.24 bits per heavy atom. The van der Waals surface area contributed by atoms with E-state index in [2.05, 4.69) is 4.74 Å². The molecule has 1 N–H and O–H groups in total. The number of aliphatic hydroxyl groups is 1. The summed E-state index contributed by atoms with van der Waals surface area (Å²) in [6, 6.07) is 0. The van der Waals surface area contributed by atoms with E-state index in [-0.39, 0.29) is 5.92 Å². The highest BCUT2D eigenvalue weighted by atomic mass is 19.4. The van der Waals surface area contributed by atoms with Crippen molar-refractivity contribution in [1.82, 2.24) is 0 Å². The van der Waals surface area contributed by atoms with Crippen molar-refractivity contribution < 1.29 is 31.8 Å². The highest BCUT2D eigenvalue weighted by Gasteiger charge is 2.82. The Hall–Kier alpha value is -0.430. The lowest BCUT2D eigenvalue weighted by molar-refractivity contribution is -0.410. The summed E-state index contributed by atoms with van der Waals surface area (Å²) in [6.07, 6.45) is -5.04. The van der Waals surface area contributed by atoms with E-state index in [1.54, 1.807) is 0 Å². The summed E-state index contributed by atoms with van der Waals surface area (Å²) in [4.78, 5) is 0. The van der Waals surface area contributed by atoms with Crippen LogP contribution in [0.4, 0.5) is 22.0 Å². The Bertz CT molecular complexity index is 355. The molecule has 0 aromatic carbocycles. The molecule has 1 heterocycles. The van der Waals surface area contributed by atoms with Crippen LogP contribution >= 0.6 is 0 Å². The molecule has 1 aliphatic heterocycles. The SMILES string of the molecule is OC1(C(F)(F)F)OC2C3CCC(C3)C2C1(F)F. The lowest BCUT2D eigenvalue weighted by Crippen LogP contribution is -2.58. The van der Waals surface area contributed by atoms with Gasteiger partial charge in [-0.15, -0.1) is 0 Å². The molecule has 2 saturated carbocycles. The molecule has 0 amide bonds. The average molecular weight is 258 g/mol. The normalized spacial score (nSPS) is 51.9. The van der Waals surface area contributed by atoms with E-state index in [1.165, 1.54) is 0 Å². The third kappa shape index (κ3) is 1.17. The second kappa shape index (κ2) is 2.93. The third-order valence-electron chi connectivity index (χ3n) is 4.40. The van der Waals surface area contributed by atoms with Crippen LogP contribution < -0.4 is 0 Å². The summed E-state index contributed by atoms with van der Waals surface area (Å²) in [5, 5.41) is 9.23. The van der Waals surface area contributed by atoms with Crippen molar-refractivity contribution in [3.8, 4) is 0 Å². The van der Waals surface area contributed by atoms with E-state index >= 15 is 0 Å². The Balaban J connectivity index is 2.02. The van der Waals surface area contributed by atoms with Crippen LogP contribution in [0.5, 0.6) is 0 Å². The molecule has 0 radical (unpaired) electrons. The molecule has 2 nitrogen and oxygen atoms in total. The minimum absolute atomic E-state index is 0.271. The number of ether oxygens (including phenoxy) is 1. The Kier molecular flexibility index (Phi) is 2.01. The minimum Gasteiger partial charge on any atom is -0.354 e. The molecule has 0 aromatic heterocycles. The van der Waals surface area contributed by atoms with Gasteiger partial charge >= 0.3 is 17.9 Å². The summed E-state index contributed by atoms with van der Waals surface area (Å²) >= 11 is 0. The second-order valence-electron chi connectivity index (χ2n) is 5.21. The van der Waals surface area contributed by atoms with Gasteiger partial charge < -0.3 is 9.84 Å². The first kappa shape index (κ1) is 11.6. The summed E-state index contributed by atoms with van der Waals surface area (Å²) in [5.74, 6) is -10.8. The smallest absolute Gasteiger partial charge is 0.354 e. The van der Waals surface area contributed by atoms with Gasteiger partial charge in [-0.2, -0.15) is 22.0 Å². The van der Waals surface area contributed by atoms with Crippen molar-refractivity contribution in [2.75, 3.05) is 0 Å². The quantitative estimate of drug-likeness (QED) is 0.676. The Morgan fingerprint density at radius 2 is 1.71 bits per heavy atom. The zero-order chi connectivity index (χ0) is 12.6. The van der Waals surface area contributed by atoms with E-state index in [4.69, 9.17) is 0 Å². The fourth-order valence-corrected chi connectivity index (χ4v) is 3.67.